The SMILES string of the molecule is CC[NH+]1CC[NH+]([C@@H](C)C(=O)Nc2ccc3c(c2)OCO3)CC1. The Balaban J connectivity index is 1.57. The van der Waals surface area contributed by atoms with Crippen LogP contribution in [0.15, 0.2) is 18.2 Å². The first-order chi connectivity index (χ1) is 10.7. The van der Waals surface area contributed by atoms with E-state index in [1.54, 1.807) is 4.90 Å². The first-order valence-electron chi connectivity index (χ1n) is 8.06. The van der Waals surface area contributed by atoms with E-state index in [-0.39, 0.29) is 18.7 Å². The first-order valence-corrected chi connectivity index (χ1v) is 8.06. The van der Waals surface area contributed by atoms with Crippen LogP contribution in [0.2, 0.25) is 0 Å². The molecular weight excluding hydrogens is 282 g/mol. The Hall–Kier alpha value is -1.79. The number of fused-ring (bicyclic) bond motifs is 1. The van der Waals surface area contributed by atoms with Crippen molar-refractivity contribution >= 4 is 11.6 Å². The minimum Gasteiger partial charge on any atom is -0.454 e. The fourth-order valence-corrected chi connectivity index (χ4v) is 3.12. The average molecular weight is 307 g/mol. The van der Waals surface area contributed by atoms with E-state index >= 15 is 0 Å². The van der Waals surface area contributed by atoms with Gasteiger partial charge in [-0.3, -0.25) is 4.79 Å². The standard InChI is InChI=1S/C16H23N3O3/c1-3-18-6-8-19(9-7-18)12(2)16(20)17-13-4-5-14-15(10-13)22-11-21-14/h4-5,10,12H,3,6-9,11H2,1-2H3,(H,17,20)/p+2/t12-/m0/s1. The molecule has 1 atom stereocenters. The number of likely N-dealkylation sites (N-methyl/N-ethyl adjacent to an activating group) is 1. The van der Waals surface area contributed by atoms with Gasteiger partial charge in [-0.1, -0.05) is 0 Å². The summed E-state index contributed by atoms with van der Waals surface area (Å²) in [6.07, 6.45) is 0. The van der Waals surface area contributed by atoms with Crippen molar-refractivity contribution < 1.29 is 24.1 Å². The van der Waals surface area contributed by atoms with Crippen LogP contribution in [0, 0.1) is 0 Å². The number of nitrogens with one attached hydrogen (secondary N) is 3. The van der Waals surface area contributed by atoms with Crippen molar-refractivity contribution in [2.45, 2.75) is 19.9 Å². The fraction of sp³-hybridized carbons (Fsp3) is 0.562. The number of piperazine rings is 1. The van der Waals surface area contributed by atoms with Gasteiger partial charge >= 0.3 is 0 Å². The molecule has 0 bridgehead atoms. The summed E-state index contributed by atoms with van der Waals surface area (Å²) in [6.45, 7) is 10.0. The number of anilines is 1. The number of quaternary nitrogens is 2. The van der Waals surface area contributed by atoms with Gasteiger partial charge in [-0.15, -0.1) is 0 Å². The second-order valence-corrected chi connectivity index (χ2v) is 6.04. The molecule has 1 aromatic rings. The van der Waals surface area contributed by atoms with Gasteiger partial charge in [-0.05, 0) is 26.0 Å². The van der Waals surface area contributed by atoms with Crippen molar-refractivity contribution in [1.29, 1.82) is 0 Å². The third-order valence-corrected chi connectivity index (χ3v) is 4.75. The van der Waals surface area contributed by atoms with Gasteiger partial charge in [0.05, 0.1) is 6.54 Å². The Labute approximate surface area is 131 Å². The van der Waals surface area contributed by atoms with Crippen molar-refractivity contribution in [3.05, 3.63) is 18.2 Å². The van der Waals surface area contributed by atoms with Crippen LogP contribution in [-0.4, -0.2) is 51.5 Å². The number of carbonyl (C=O) groups excluding carboxylic acids is 1. The largest absolute Gasteiger partial charge is 0.454 e. The summed E-state index contributed by atoms with van der Waals surface area (Å²) in [5.41, 5.74) is 0.762. The summed E-state index contributed by atoms with van der Waals surface area (Å²) < 4.78 is 10.6. The number of benzene rings is 1. The van der Waals surface area contributed by atoms with E-state index < -0.39 is 0 Å². The highest BCUT2D eigenvalue weighted by atomic mass is 16.7. The first kappa shape index (κ1) is 15.1. The zero-order valence-corrected chi connectivity index (χ0v) is 13.3. The summed E-state index contributed by atoms with van der Waals surface area (Å²) in [5.74, 6) is 1.49. The van der Waals surface area contributed by atoms with Crippen LogP contribution in [0.25, 0.3) is 0 Å². The highest BCUT2D eigenvalue weighted by molar-refractivity contribution is 5.93. The molecule has 2 aliphatic rings. The van der Waals surface area contributed by atoms with Gasteiger partial charge in [0.25, 0.3) is 5.91 Å². The van der Waals surface area contributed by atoms with Crippen LogP contribution >= 0.6 is 0 Å². The molecule has 3 rings (SSSR count). The van der Waals surface area contributed by atoms with Gasteiger partial charge < -0.3 is 24.6 Å². The van der Waals surface area contributed by atoms with Crippen LogP contribution < -0.4 is 24.6 Å². The molecule has 2 aliphatic heterocycles. The third-order valence-electron chi connectivity index (χ3n) is 4.75. The second kappa shape index (κ2) is 6.54. The maximum Gasteiger partial charge on any atom is 0.282 e. The lowest BCUT2D eigenvalue weighted by Gasteiger charge is -2.32. The smallest absolute Gasteiger partial charge is 0.282 e. The summed E-state index contributed by atoms with van der Waals surface area (Å²) in [7, 11) is 0. The summed E-state index contributed by atoms with van der Waals surface area (Å²) in [4.78, 5) is 15.5. The van der Waals surface area contributed by atoms with E-state index in [1.165, 1.54) is 11.4 Å². The third kappa shape index (κ3) is 3.18. The number of ether oxygens (including phenoxy) is 2. The maximum absolute atomic E-state index is 12.5. The number of hydrogen-bond acceptors (Lipinski definition) is 3. The van der Waals surface area contributed by atoms with Gasteiger partial charge in [0.1, 0.15) is 26.2 Å². The molecule has 22 heavy (non-hydrogen) atoms. The molecular formula is C16H25N3O3+2. The predicted molar refractivity (Wildman–Crippen MR) is 82.6 cm³/mol. The molecule has 1 amide bonds. The molecule has 120 valence electrons. The Morgan fingerprint density at radius 2 is 1.95 bits per heavy atom. The molecule has 0 spiro atoms. The van der Waals surface area contributed by atoms with E-state index in [9.17, 15) is 4.79 Å². The summed E-state index contributed by atoms with van der Waals surface area (Å²) >= 11 is 0. The highest BCUT2D eigenvalue weighted by Crippen LogP contribution is 2.34. The molecule has 2 heterocycles. The summed E-state index contributed by atoms with van der Waals surface area (Å²) in [5, 5.41) is 2.99. The van der Waals surface area contributed by atoms with Gasteiger partial charge in [0, 0.05) is 11.8 Å². The summed E-state index contributed by atoms with van der Waals surface area (Å²) in [6, 6.07) is 5.47. The normalized spacial score (nSPS) is 24.8. The van der Waals surface area contributed by atoms with E-state index in [1.807, 2.05) is 25.1 Å². The molecule has 6 nitrogen and oxygen atoms in total. The van der Waals surface area contributed by atoms with Crippen molar-refractivity contribution in [2.75, 3.05) is 44.8 Å². The van der Waals surface area contributed by atoms with E-state index in [0.29, 0.717) is 5.75 Å². The molecule has 0 aromatic heterocycles. The van der Waals surface area contributed by atoms with Crippen LogP contribution in [0.1, 0.15) is 13.8 Å². The maximum atomic E-state index is 12.5. The molecule has 6 heteroatoms. The Morgan fingerprint density at radius 3 is 2.68 bits per heavy atom. The Morgan fingerprint density at radius 1 is 1.23 bits per heavy atom. The van der Waals surface area contributed by atoms with Crippen molar-refractivity contribution in [3.8, 4) is 11.5 Å². The second-order valence-electron chi connectivity index (χ2n) is 6.04. The van der Waals surface area contributed by atoms with E-state index in [2.05, 4.69) is 12.2 Å². The fourth-order valence-electron chi connectivity index (χ4n) is 3.12. The Kier molecular flexibility index (Phi) is 4.49. The van der Waals surface area contributed by atoms with E-state index in [4.69, 9.17) is 9.47 Å². The number of rotatable bonds is 4. The molecule has 0 radical (unpaired) electrons. The minimum atomic E-state index is -0.0381. The lowest BCUT2D eigenvalue weighted by atomic mass is 10.2. The Bertz CT molecular complexity index is 541. The van der Waals surface area contributed by atoms with Crippen LogP contribution in [-0.2, 0) is 4.79 Å². The highest BCUT2D eigenvalue weighted by Gasteiger charge is 2.30. The predicted octanol–water partition coefficient (Wildman–Crippen LogP) is -1.45. The number of carbonyl (C=O) groups is 1. The number of amides is 1. The molecule has 3 N–H and O–H groups in total. The van der Waals surface area contributed by atoms with Crippen molar-refractivity contribution in [2.24, 2.45) is 0 Å². The topological polar surface area (TPSA) is 56.4 Å². The van der Waals surface area contributed by atoms with Gasteiger partial charge in [-0.2, -0.15) is 0 Å². The molecule has 1 aromatic carbocycles. The molecule has 1 fully saturated rings. The molecule has 0 aliphatic carbocycles. The van der Waals surface area contributed by atoms with Gasteiger partial charge in [0.2, 0.25) is 6.79 Å². The molecule has 0 unspecified atom stereocenters. The monoisotopic (exact) mass is 307 g/mol. The lowest BCUT2D eigenvalue weighted by Crippen LogP contribution is -3.29. The minimum absolute atomic E-state index is 0.0381. The average Bonchev–Trinajstić information content (AvgIpc) is 3.02. The van der Waals surface area contributed by atoms with Gasteiger partial charge in [-0.25, -0.2) is 0 Å². The number of hydrogen-bond donors (Lipinski definition) is 3. The quantitative estimate of drug-likeness (QED) is 0.638. The van der Waals surface area contributed by atoms with Crippen LogP contribution in [0.3, 0.4) is 0 Å². The van der Waals surface area contributed by atoms with E-state index in [0.717, 1.165) is 37.6 Å². The molecule has 0 saturated carbocycles. The van der Waals surface area contributed by atoms with Gasteiger partial charge in [0.15, 0.2) is 17.5 Å². The van der Waals surface area contributed by atoms with Crippen molar-refractivity contribution in [3.63, 3.8) is 0 Å². The van der Waals surface area contributed by atoms with Crippen LogP contribution in [0.5, 0.6) is 11.5 Å². The zero-order chi connectivity index (χ0) is 15.5. The zero-order valence-electron chi connectivity index (χ0n) is 13.3. The van der Waals surface area contributed by atoms with Crippen LogP contribution in [0.4, 0.5) is 5.69 Å². The lowest BCUT2D eigenvalue weighted by molar-refractivity contribution is -1.02. The van der Waals surface area contributed by atoms with Crippen molar-refractivity contribution in [1.82, 2.24) is 0 Å². The molecule has 1 saturated heterocycles.